The molecule has 34 heavy (non-hydrogen) atoms. The van der Waals surface area contributed by atoms with E-state index in [0.29, 0.717) is 25.5 Å². The third kappa shape index (κ3) is 6.33. The zero-order valence-corrected chi connectivity index (χ0v) is 19.5. The molecule has 0 aliphatic carbocycles. The van der Waals surface area contributed by atoms with Crippen molar-refractivity contribution in [2.75, 3.05) is 7.11 Å². The second kappa shape index (κ2) is 11.3. The van der Waals surface area contributed by atoms with Gasteiger partial charge in [0.2, 0.25) is 5.89 Å². The molecule has 0 saturated carbocycles. The van der Waals surface area contributed by atoms with Gasteiger partial charge in [0.15, 0.2) is 5.69 Å². The number of nitrogens with zero attached hydrogens (tertiary/aromatic N) is 2. The van der Waals surface area contributed by atoms with Gasteiger partial charge in [-0.1, -0.05) is 72.8 Å². The summed E-state index contributed by atoms with van der Waals surface area (Å²) >= 11 is 0. The number of hydrogen-bond acceptors (Lipinski definition) is 5. The summed E-state index contributed by atoms with van der Waals surface area (Å²) in [6, 6.07) is 28.0. The third-order valence-electron chi connectivity index (χ3n) is 5.58. The first kappa shape index (κ1) is 23.3. The van der Waals surface area contributed by atoms with Gasteiger partial charge in [0, 0.05) is 13.1 Å². The van der Waals surface area contributed by atoms with E-state index >= 15 is 0 Å². The van der Waals surface area contributed by atoms with Crippen LogP contribution in [0.1, 0.15) is 46.0 Å². The molecule has 0 aliphatic heterocycles. The fraction of sp³-hybridized carbons (Fsp3) is 0.214. The molecule has 6 nitrogen and oxygen atoms in total. The molecule has 1 heterocycles. The van der Waals surface area contributed by atoms with Crippen LogP contribution in [0.2, 0.25) is 0 Å². The van der Waals surface area contributed by atoms with E-state index in [1.54, 1.807) is 7.11 Å². The highest BCUT2D eigenvalue weighted by Crippen LogP contribution is 2.18. The van der Waals surface area contributed by atoms with Crippen molar-refractivity contribution >= 4 is 5.91 Å². The van der Waals surface area contributed by atoms with Crippen LogP contribution in [0, 0.1) is 0 Å². The van der Waals surface area contributed by atoms with Crippen LogP contribution < -0.4 is 10.1 Å². The Morgan fingerprint density at radius 3 is 2.35 bits per heavy atom. The van der Waals surface area contributed by atoms with E-state index in [-0.39, 0.29) is 17.6 Å². The molecule has 1 atom stereocenters. The van der Waals surface area contributed by atoms with Crippen molar-refractivity contribution < 1.29 is 13.9 Å². The Labute approximate surface area is 200 Å². The number of aromatic nitrogens is 1. The summed E-state index contributed by atoms with van der Waals surface area (Å²) in [4.78, 5) is 19.4. The van der Waals surface area contributed by atoms with E-state index in [1.807, 2.05) is 73.7 Å². The van der Waals surface area contributed by atoms with Gasteiger partial charge in [0.05, 0.1) is 19.7 Å². The second-order valence-corrected chi connectivity index (χ2v) is 8.21. The molecular weight excluding hydrogens is 426 g/mol. The molecule has 4 rings (SSSR count). The number of hydrogen-bond donors (Lipinski definition) is 1. The summed E-state index contributed by atoms with van der Waals surface area (Å²) in [6.45, 7) is 3.81. The van der Waals surface area contributed by atoms with Gasteiger partial charge in [0.1, 0.15) is 12.0 Å². The van der Waals surface area contributed by atoms with E-state index in [4.69, 9.17) is 9.15 Å². The fourth-order valence-corrected chi connectivity index (χ4v) is 3.81. The number of carbonyl (C=O) groups is 1. The molecule has 0 spiro atoms. The number of amides is 1. The summed E-state index contributed by atoms with van der Waals surface area (Å²) in [5, 5.41) is 2.98. The number of methoxy groups -OCH3 is 1. The normalized spacial score (nSPS) is 11.9. The van der Waals surface area contributed by atoms with Gasteiger partial charge in [0.25, 0.3) is 5.91 Å². The predicted octanol–water partition coefficient (Wildman–Crippen LogP) is 5.38. The standard InChI is InChI=1S/C28H29N3O3/c1-21(24-13-7-4-8-14-24)29-28(32)26-20-34-27(30-26)19-31(17-22-10-5-3-6-11-22)18-23-12-9-15-25(16-23)33-2/h3-16,20-21H,17-19H2,1-2H3,(H,29,32). The van der Waals surface area contributed by atoms with Crippen LogP contribution in [0.4, 0.5) is 0 Å². The molecule has 1 N–H and O–H groups in total. The average Bonchev–Trinajstić information content (AvgIpc) is 3.34. The van der Waals surface area contributed by atoms with Gasteiger partial charge in [-0.2, -0.15) is 0 Å². The Morgan fingerprint density at radius 2 is 1.62 bits per heavy atom. The Kier molecular flexibility index (Phi) is 7.73. The molecule has 0 aliphatic rings. The van der Waals surface area contributed by atoms with Crippen molar-refractivity contribution in [3.8, 4) is 5.75 Å². The SMILES string of the molecule is COc1cccc(CN(Cc2ccccc2)Cc2nc(C(=O)NC(C)c3ccccc3)co2)c1. The molecule has 6 heteroatoms. The third-order valence-corrected chi connectivity index (χ3v) is 5.58. The lowest BCUT2D eigenvalue weighted by molar-refractivity contribution is 0.0934. The minimum atomic E-state index is -0.256. The molecule has 174 valence electrons. The van der Waals surface area contributed by atoms with Crippen molar-refractivity contribution in [3.05, 3.63) is 119 Å². The highest BCUT2D eigenvalue weighted by molar-refractivity contribution is 5.92. The van der Waals surface area contributed by atoms with Crippen molar-refractivity contribution in [3.63, 3.8) is 0 Å². The number of benzene rings is 3. The maximum absolute atomic E-state index is 12.7. The largest absolute Gasteiger partial charge is 0.497 e. The smallest absolute Gasteiger partial charge is 0.273 e. The molecule has 0 saturated heterocycles. The zero-order valence-electron chi connectivity index (χ0n) is 19.5. The minimum Gasteiger partial charge on any atom is -0.497 e. The second-order valence-electron chi connectivity index (χ2n) is 8.21. The number of rotatable bonds is 10. The van der Waals surface area contributed by atoms with Crippen molar-refractivity contribution in [1.29, 1.82) is 0 Å². The van der Waals surface area contributed by atoms with Crippen LogP contribution in [0.15, 0.2) is 95.6 Å². The zero-order chi connectivity index (χ0) is 23.8. The van der Waals surface area contributed by atoms with Crippen LogP contribution in [0.3, 0.4) is 0 Å². The Hall–Kier alpha value is -3.90. The number of oxazole rings is 1. The first-order valence-corrected chi connectivity index (χ1v) is 11.3. The lowest BCUT2D eigenvalue weighted by Gasteiger charge is -2.21. The van der Waals surface area contributed by atoms with Crippen LogP contribution in [-0.2, 0) is 19.6 Å². The minimum absolute atomic E-state index is 0.128. The molecule has 1 unspecified atom stereocenters. The van der Waals surface area contributed by atoms with Crippen LogP contribution in [0.5, 0.6) is 5.75 Å². The predicted molar refractivity (Wildman–Crippen MR) is 131 cm³/mol. The number of nitrogens with one attached hydrogen (secondary N) is 1. The highest BCUT2D eigenvalue weighted by Gasteiger charge is 2.18. The Balaban J connectivity index is 1.46. The van der Waals surface area contributed by atoms with E-state index < -0.39 is 0 Å². The van der Waals surface area contributed by atoms with Gasteiger partial charge >= 0.3 is 0 Å². The van der Waals surface area contributed by atoms with Gasteiger partial charge in [-0.3, -0.25) is 9.69 Å². The summed E-state index contributed by atoms with van der Waals surface area (Å²) in [7, 11) is 1.67. The molecule has 0 fully saturated rings. The first-order valence-electron chi connectivity index (χ1n) is 11.3. The molecule has 0 radical (unpaired) electrons. The molecule has 3 aromatic carbocycles. The Morgan fingerprint density at radius 1 is 0.941 bits per heavy atom. The lowest BCUT2D eigenvalue weighted by atomic mass is 10.1. The van der Waals surface area contributed by atoms with E-state index in [0.717, 1.165) is 16.9 Å². The van der Waals surface area contributed by atoms with Crippen LogP contribution in [0.25, 0.3) is 0 Å². The maximum atomic E-state index is 12.7. The lowest BCUT2D eigenvalue weighted by Crippen LogP contribution is -2.27. The number of carbonyl (C=O) groups excluding carboxylic acids is 1. The molecule has 0 bridgehead atoms. The monoisotopic (exact) mass is 455 g/mol. The van der Waals surface area contributed by atoms with Gasteiger partial charge in [-0.05, 0) is 35.7 Å². The van der Waals surface area contributed by atoms with Crippen molar-refractivity contribution in [1.82, 2.24) is 15.2 Å². The van der Waals surface area contributed by atoms with Crippen LogP contribution in [-0.4, -0.2) is 22.9 Å². The van der Waals surface area contributed by atoms with E-state index in [1.165, 1.54) is 11.8 Å². The average molecular weight is 456 g/mol. The van der Waals surface area contributed by atoms with Gasteiger partial charge < -0.3 is 14.5 Å². The summed E-state index contributed by atoms with van der Waals surface area (Å²) < 4.78 is 11.1. The van der Waals surface area contributed by atoms with E-state index in [9.17, 15) is 4.79 Å². The van der Waals surface area contributed by atoms with Crippen LogP contribution >= 0.6 is 0 Å². The van der Waals surface area contributed by atoms with Gasteiger partial charge in [-0.15, -0.1) is 0 Å². The molecule has 4 aromatic rings. The summed E-state index contributed by atoms with van der Waals surface area (Å²) in [5.74, 6) is 1.06. The fourth-order valence-electron chi connectivity index (χ4n) is 3.81. The summed E-state index contributed by atoms with van der Waals surface area (Å²) in [5.41, 5.74) is 3.62. The van der Waals surface area contributed by atoms with Crippen molar-refractivity contribution in [2.45, 2.75) is 32.6 Å². The van der Waals surface area contributed by atoms with Gasteiger partial charge in [-0.25, -0.2) is 4.98 Å². The number of ether oxygens (including phenoxy) is 1. The topological polar surface area (TPSA) is 67.6 Å². The molecule has 1 aromatic heterocycles. The molecule has 1 amide bonds. The quantitative estimate of drug-likeness (QED) is 0.348. The van der Waals surface area contributed by atoms with E-state index in [2.05, 4.69) is 33.4 Å². The molecular formula is C28H29N3O3. The summed E-state index contributed by atoms with van der Waals surface area (Å²) in [6.07, 6.45) is 1.43. The Bertz CT molecular complexity index is 1190. The first-order chi connectivity index (χ1) is 16.6. The maximum Gasteiger partial charge on any atom is 0.273 e. The highest BCUT2D eigenvalue weighted by atomic mass is 16.5. The van der Waals surface area contributed by atoms with Crippen molar-refractivity contribution in [2.24, 2.45) is 0 Å².